The minimum absolute atomic E-state index is 0.613. The Kier molecular flexibility index (Phi) is 17.3. The van der Waals surface area contributed by atoms with Crippen LogP contribution in [0.25, 0.3) is 0 Å². The van der Waals surface area contributed by atoms with Gasteiger partial charge in [-0.15, -0.1) is 0 Å². The molecular weight excluding hydrogens is 342 g/mol. The predicted molar refractivity (Wildman–Crippen MR) is 101 cm³/mol. The molecule has 0 fully saturated rings. The SMILES string of the molecule is CCCCN(CCC[Si](OC)(OC)OC)CCOCCOCCOC. The fourth-order valence-electron chi connectivity index (χ4n) is 2.45. The van der Waals surface area contributed by atoms with Crippen molar-refractivity contribution < 1.29 is 27.5 Å². The fourth-order valence-corrected chi connectivity index (χ4v) is 4.15. The van der Waals surface area contributed by atoms with Crippen molar-refractivity contribution >= 4 is 8.80 Å². The topological polar surface area (TPSA) is 58.6 Å². The van der Waals surface area contributed by atoms with Crippen LogP contribution in [0.5, 0.6) is 0 Å². The monoisotopic (exact) mass is 381 g/mol. The van der Waals surface area contributed by atoms with Gasteiger partial charge in [-0.25, -0.2) is 0 Å². The largest absolute Gasteiger partial charge is 0.500 e. The number of ether oxygens (including phenoxy) is 3. The Balaban J connectivity index is 3.95. The third kappa shape index (κ3) is 12.9. The highest BCUT2D eigenvalue weighted by Crippen LogP contribution is 2.15. The van der Waals surface area contributed by atoms with Crippen molar-refractivity contribution in [3.63, 3.8) is 0 Å². The van der Waals surface area contributed by atoms with E-state index in [1.807, 2.05) is 0 Å². The molecule has 0 saturated carbocycles. The molecule has 0 heterocycles. The molecule has 0 atom stereocenters. The van der Waals surface area contributed by atoms with Gasteiger partial charge in [0.25, 0.3) is 0 Å². The van der Waals surface area contributed by atoms with E-state index < -0.39 is 8.80 Å². The normalized spacial score (nSPS) is 12.2. The highest BCUT2D eigenvalue weighted by Gasteiger charge is 2.36. The Labute approximate surface area is 155 Å². The van der Waals surface area contributed by atoms with Gasteiger partial charge in [-0.2, -0.15) is 0 Å². The second kappa shape index (κ2) is 17.4. The van der Waals surface area contributed by atoms with Gasteiger partial charge in [-0.1, -0.05) is 13.3 Å². The van der Waals surface area contributed by atoms with E-state index in [0.29, 0.717) is 26.4 Å². The lowest BCUT2D eigenvalue weighted by molar-refractivity contribution is 0.0193. The van der Waals surface area contributed by atoms with Crippen molar-refractivity contribution in [3.8, 4) is 0 Å². The molecule has 0 bridgehead atoms. The van der Waals surface area contributed by atoms with Crippen LogP contribution < -0.4 is 0 Å². The summed E-state index contributed by atoms with van der Waals surface area (Å²) in [5, 5.41) is 0. The van der Waals surface area contributed by atoms with Crippen LogP contribution in [0.15, 0.2) is 0 Å². The number of hydrogen-bond acceptors (Lipinski definition) is 7. The summed E-state index contributed by atoms with van der Waals surface area (Å²) in [7, 11) is 4.20. The lowest BCUT2D eigenvalue weighted by Gasteiger charge is -2.26. The Morgan fingerprint density at radius 1 is 0.680 bits per heavy atom. The molecule has 0 radical (unpaired) electrons. The Hall–Kier alpha value is -0.0631. The molecule has 25 heavy (non-hydrogen) atoms. The molecule has 0 aliphatic rings. The summed E-state index contributed by atoms with van der Waals surface area (Å²) in [6.07, 6.45) is 3.38. The Bertz CT molecular complexity index is 274. The molecule has 0 amide bonds. The van der Waals surface area contributed by atoms with E-state index >= 15 is 0 Å². The molecule has 8 heteroatoms. The van der Waals surface area contributed by atoms with Crippen molar-refractivity contribution in [1.82, 2.24) is 4.90 Å². The number of rotatable bonds is 19. The van der Waals surface area contributed by atoms with Gasteiger partial charge in [0.1, 0.15) is 0 Å². The third-order valence-corrected chi connectivity index (χ3v) is 6.91. The first kappa shape index (κ1) is 24.9. The molecule has 0 aromatic carbocycles. The van der Waals surface area contributed by atoms with Crippen LogP contribution in [0, 0.1) is 0 Å². The predicted octanol–water partition coefficient (Wildman–Crippen LogP) is 2.04. The van der Waals surface area contributed by atoms with Gasteiger partial charge in [0, 0.05) is 41.0 Å². The lowest BCUT2D eigenvalue weighted by atomic mass is 10.3. The summed E-state index contributed by atoms with van der Waals surface area (Å²) in [6.45, 7) is 8.43. The van der Waals surface area contributed by atoms with Gasteiger partial charge < -0.3 is 32.4 Å². The first-order chi connectivity index (χ1) is 12.2. The van der Waals surface area contributed by atoms with Crippen LogP contribution in [0.2, 0.25) is 6.04 Å². The Morgan fingerprint density at radius 2 is 1.24 bits per heavy atom. The summed E-state index contributed by atoms with van der Waals surface area (Å²) >= 11 is 0. The van der Waals surface area contributed by atoms with Gasteiger partial charge in [0.15, 0.2) is 0 Å². The smallest absolute Gasteiger partial charge is 0.382 e. The van der Waals surface area contributed by atoms with E-state index in [9.17, 15) is 0 Å². The van der Waals surface area contributed by atoms with Crippen molar-refractivity contribution in [2.75, 3.05) is 81.1 Å². The van der Waals surface area contributed by atoms with Crippen LogP contribution >= 0.6 is 0 Å². The number of methoxy groups -OCH3 is 1. The zero-order valence-corrected chi connectivity index (χ0v) is 17.9. The molecule has 0 saturated heterocycles. The molecule has 0 aliphatic heterocycles. The molecule has 0 rings (SSSR count). The molecule has 152 valence electrons. The molecule has 0 N–H and O–H groups in total. The summed E-state index contributed by atoms with van der Waals surface area (Å²) in [6, 6.07) is 0.827. The zero-order chi connectivity index (χ0) is 18.8. The van der Waals surface area contributed by atoms with E-state index in [0.717, 1.165) is 38.7 Å². The number of hydrogen-bond donors (Lipinski definition) is 0. The number of unbranched alkanes of at least 4 members (excludes halogenated alkanes) is 1. The third-order valence-electron chi connectivity index (χ3n) is 4.07. The molecule has 0 aliphatic carbocycles. The standard InChI is InChI=1S/C17H39NO6Si/c1-6-7-9-18(10-8-17-25(20-3,21-4)22-5)11-12-23-15-16-24-14-13-19-2/h6-17H2,1-5H3. The fraction of sp³-hybridized carbons (Fsp3) is 1.00. The van der Waals surface area contributed by atoms with E-state index in [1.165, 1.54) is 12.8 Å². The van der Waals surface area contributed by atoms with Gasteiger partial charge in [0.2, 0.25) is 0 Å². The van der Waals surface area contributed by atoms with Crippen LogP contribution in [0.3, 0.4) is 0 Å². The maximum Gasteiger partial charge on any atom is 0.500 e. The van der Waals surface area contributed by atoms with Crippen molar-refractivity contribution in [2.24, 2.45) is 0 Å². The first-order valence-electron chi connectivity index (χ1n) is 9.20. The molecule has 0 spiro atoms. The maximum atomic E-state index is 5.66. The average Bonchev–Trinajstić information content (AvgIpc) is 2.65. The number of nitrogens with zero attached hydrogens (tertiary/aromatic N) is 1. The second-order valence-electron chi connectivity index (χ2n) is 5.81. The minimum atomic E-state index is -2.46. The maximum absolute atomic E-state index is 5.66. The highest BCUT2D eigenvalue weighted by molar-refractivity contribution is 6.60. The molecule has 0 unspecified atom stereocenters. The van der Waals surface area contributed by atoms with Gasteiger partial charge >= 0.3 is 8.80 Å². The Morgan fingerprint density at radius 3 is 1.80 bits per heavy atom. The summed E-state index contributed by atoms with van der Waals surface area (Å²) < 4.78 is 32.4. The van der Waals surface area contributed by atoms with Crippen LogP contribution in [-0.2, 0) is 27.5 Å². The van der Waals surface area contributed by atoms with Crippen molar-refractivity contribution in [2.45, 2.75) is 32.2 Å². The van der Waals surface area contributed by atoms with Gasteiger partial charge in [0.05, 0.1) is 33.0 Å². The van der Waals surface area contributed by atoms with Crippen molar-refractivity contribution in [1.29, 1.82) is 0 Å². The minimum Gasteiger partial charge on any atom is -0.382 e. The summed E-state index contributed by atoms with van der Waals surface area (Å²) in [5.74, 6) is 0. The summed E-state index contributed by atoms with van der Waals surface area (Å²) in [5.41, 5.74) is 0. The lowest BCUT2D eigenvalue weighted by Crippen LogP contribution is -2.43. The van der Waals surface area contributed by atoms with E-state index in [4.69, 9.17) is 27.5 Å². The van der Waals surface area contributed by atoms with E-state index in [-0.39, 0.29) is 0 Å². The molecule has 7 nitrogen and oxygen atoms in total. The molecule has 0 aromatic rings. The van der Waals surface area contributed by atoms with Crippen molar-refractivity contribution in [3.05, 3.63) is 0 Å². The second-order valence-corrected chi connectivity index (χ2v) is 8.90. The average molecular weight is 382 g/mol. The van der Waals surface area contributed by atoms with Crippen LogP contribution in [0.4, 0.5) is 0 Å². The van der Waals surface area contributed by atoms with E-state index in [2.05, 4.69) is 11.8 Å². The molecular formula is C17H39NO6Si. The zero-order valence-electron chi connectivity index (χ0n) is 16.9. The molecule has 0 aromatic heterocycles. The first-order valence-corrected chi connectivity index (χ1v) is 11.1. The highest BCUT2D eigenvalue weighted by atomic mass is 28.4. The van der Waals surface area contributed by atoms with Crippen LogP contribution in [0.1, 0.15) is 26.2 Å². The summed E-state index contributed by atoms with van der Waals surface area (Å²) in [4.78, 5) is 2.44. The van der Waals surface area contributed by atoms with Crippen LogP contribution in [-0.4, -0.2) is 94.8 Å². The van der Waals surface area contributed by atoms with Gasteiger partial charge in [-0.05, 0) is 25.9 Å². The van der Waals surface area contributed by atoms with Gasteiger partial charge in [-0.3, -0.25) is 0 Å². The van der Waals surface area contributed by atoms with E-state index in [1.54, 1.807) is 28.4 Å². The quantitative estimate of drug-likeness (QED) is 0.251.